The van der Waals surface area contributed by atoms with Crippen molar-refractivity contribution in [3.8, 4) is 0 Å². The molecular weight excluding hydrogens is 286 g/mol. The molecule has 1 heterocycles. The van der Waals surface area contributed by atoms with Crippen molar-refractivity contribution >= 4 is 17.5 Å². The molecule has 2 rings (SSSR count). The fourth-order valence-electron chi connectivity index (χ4n) is 2.98. The predicted molar refractivity (Wildman–Crippen MR) is 85.3 cm³/mol. The zero-order chi connectivity index (χ0) is 15.4. The van der Waals surface area contributed by atoms with Gasteiger partial charge in [0.2, 0.25) is 5.91 Å². The highest BCUT2D eigenvalue weighted by molar-refractivity contribution is 6.30. The molecule has 0 radical (unpaired) electrons. The number of piperidine rings is 1. The normalized spacial score (nSPS) is 21.9. The van der Waals surface area contributed by atoms with Gasteiger partial charge in [0.05, 0.1) is 6.10 Å². The monoisotopic (exact) mass is 309 g/mol. The van der Waals surface area contributed by atoms with Crippen molar-refractivity contribution in [2.24, 2.45) is 11.8 Å². The van der Waals surface area contributed by atoms with Crippen molar-refractivity contribution in [3.63, 3.8) is 0 Å². The van der Waals surface area contributed by atoms with Gasteiger partial charge in [-0.2, -0.15) is 0 Å². The maximum atomic E-state index is 12.6. The van der Waals surface area contributed by atoms with Gasteiger partial charge < -0.3 is 10.0 Å². The van der Waals surface area contributed by atoms with Crippen molar-refractivity contribution < 1.29 is 9.90 Å². The van der Waals surface area contributed by atoms with Crippen LogP contribution in [0, 0.1) is 11.8 Å². The average Bonchev–Trinajstić information content (AvgIpc) is 2.49. The lowest BCUT2D eigenvalue weighted by molar-refractivity contribution is -0.137. The smallest absolute Gasteiger partial charge is 0.225 e. The van der Waals surface area contributed by atoms with E-state index in [4.69, 9.17) is 11.6 Å². The Morgan fingerprint density at radius 1 is 1.38 bits per heavy atom. The number of hydrogen-bond acceptors (Lipinski definition) is 2. The molecular formula is C17H24ClNO2. The Kier molecular flexibility index (Phi) is 5.65. The van der Waals surface area contributed by atoms with Gasteiger partial charge in [-0.05, 0) is 43.9 Å². The molecule has 3 atom stereocenters. The molecule has 1 saturated heterocycles. The van der Waals surface area contributed by atoms with Gasteiger partial charge in [0, 0.05) is 29.9 Å². The molecule has 1 amide bonds. The highest BCUT2D eigenvalue weighted by Crippen LogP contribution is 2.22. The third-order valence-electron chi connectivity index (χ3n) is 4.33. The first-order chi connectivity index (χ1) is 9.97. The van der Waals surface area contributed by atoms with Crippen molar-refractivity contribution in [3.05, 3.63) is 34.9 Å². The summed E-state index contributed by atoms with van der Waals surface area (Å²) in [6.45, 7) is 5.28. The molecule has 1 aliphatic heterocycles. The van der Waals surface area contributed by atoms with E-state index in [0.29, 0.717) is 11.6 Å². The molecule has 1 aromatic rings. The largest absolute Gasteiger partial charge is 0.393 e. The van der Waals surface area contributed by atoms with E-state index < -0.39 is 0 Å². The second kappa shape index (κ2) is 7.28. The van der Waals surface area contributed by atoms with Crippen LogP contribution in [0.3, 0.4) is 0 Å². The number of halogens is 1. The van der Waals surface area contributed by atoms with Crippen LogP contribution in [-0.2, 0) is 11.2 Å². The van der Waals surface area contributed by atoms with Crippen LogP contribution >= 0.6 is 11.6 Å². The number of amides is 1. The Balaban J connectivity index is 1.93. The van der Waals surface area contributed by atoms with Crippen LogP contribution in [0.1, 0.15) is 32.3 Å². The lowest BCUT2D eigenvalue weighted by atomic mass is 9.92. The molecule has 1 fully saturated rings. The molecule has 1 aromatic carbocycles. The third kappa shape index (κ3) is 4.45. The van der Waals surface area contributed by atoms with E-state index in [1.165, 1.54) is 0 Å². The summed E-state index contributed by atoms with van der Waals surface area (Å²) in [4.78, 5) is 14.5. The van der Waals surface area contributed by atoms with Crippen LogP contribution in [-0.4, -0.2) is 35.1 Å². The van der Waals surface area contributed by atoms with Crippen molar-refractivity contribution in [2.75, 3.05) is 13.1 Å². The summed E-state index contributed by atoms with van der Waals surface area (Å²) < 4.78 is 0. The number of carbonyl (C=O) groups excluding carboxylic acids is 1. The summed E-state index contributed by atoms with van der Waals surface area (Å²) in [5.41, 5.74) is 1.13. The first-order valence-corrected chi connectivity index (χ1v) is 8.06. The topological polar surface area (TPSA) is 40.5 Å². The van der Waals surface area contributed by atoms with Gasteiger partial charge in [0.25, 0.3) is 0 Å². The second-order valence-corrected chi connectivity index (χ2v) is 6.60. The number of nitrogens with zero attached hydrogens (tertiary/aromatic N) is 1. The van der Waals surface area contributed by atoms with Crippen molar-refractivity contribution in [1.82, 2.24) is 4.90 Å². The zero-order valence-corrected chi connectivity index (χ0v) is 13.5. The Morgan fingerprint density at radius 3 is 2.67 bits per heavy atom. The molecule has 0 bridgehead atoms. The summed E-state index contributed by atoms with van der Waals surface area (Å²) in [6, 6.07) is 7.67. The Hall–Kier alpha value is -1.06. The summed E-state index contributed by atoms with van der Waals surface area (Å²) in [5.74, 6) is 0.361. The standard InChI is InChI=1S/C17H24ClNO2/c1-12(10-14-5-7-16(18)8-6-14)17(21)19-9-3-4-15(11-19)13(2)20/h5-8,12-13,15,20H,3-4,9-11H2,1-2H3. The van der Waals surface area contributed by atoms with Crippen LogP contribution in [0.2, 0.25) is 5.02 Å². The van der Waals surface area contributed by atoms with Crippen LogP contribution in [0.5, 0.6) is 0 Å². The lowest BCUT2D eigenvalue weighted by Gasteiger charge is -2.35. The van der Waals surface area contributed by atoms with Gasteiger partial charge in [-0.1, -0.05) is 30.7 Å². The van der Waals surface area contributed by atoms with Gasteiger partial charge in [0.1, 0.15) is 0 Å². The van der Waals surface area contributed by atoms with Gasteiger partial charge in [-0.15, -0.1) is 0 Å². The van der Waals surface area contributed by atoms with Crippen molar-refractivity contribution in [1.29, 1.82) is 0 Å². The Labute approximate surface area is 131 Å². The minimum absolute atomic E-state index is 0.0427. The molecule has 0 saturated carbocycles. The highest BCUT2D eigenvalue weighted by atomic mass is 35.5. The van der Waals surface area contributed by atoms with Crippen LogP contribution in [0.15, 0.2) is 24.3 Å². The number of hydrogen-bond donors (Lipinski definition) is 1. The van der Waals surface area contributed by atoms with Gasteiger partial charge in [0.15, 0.2) is 0 Å². The maximum absolute atomic E-state index is 12.6. The Morgan fingerprint density at radius 2 is 2.05 bits per heavy atom. The zero-order valence-electron chi connectivity index (χ0n) is 12.8. The van der Waals surface area contributed by atoms with Crippen LogP contribution < -0.4 is 0 Å². The second-order valence-electron chi connectivity index (χ2n) is 6.16. The van der Waals surface area contributed by atoms with Gasteiger partial charge >= 0.3 is 0 Å². The summed E-state index contributed by atoms with van der Waals surface area (Å²) >= 11 is 5.88. The summed E-state index contributed by atoms with van der Waals surface area (Å²) in [7, 11) is 0. The Bertz CT molecular complexity index is 472. The predicted octanol–water partition coefficient (Wildman–Crippen LogP) is 3.14. The third-order valence-corrected chi connectivity index (χ3v) is 4.58. The van der Waals surface area contributed by atoms with E-state index in [1.54, 1.807) is 0 Å². The molecule has 1 N–H and O–H groups in total. The van der Waals surface area contributed by atoms with Crippen LogP contribution in [0.4, 0.5) is 0 Å². The van der Waals surface area contributed by atoms with Gasteiger partial charge in [-0.25, -0.2) is 0 Å². The van der Waals surface area contributed by atoms with Crippen LogP contribution in [0.25, 0.3) is 0 Å². The van der Waals surface area contributed by atoms with E-state index in [2.05, 4.69) is 0 Å². The highest BCUT2D eigenvalue weighted by Gasteiger charge is 2.28. The number of rotatable bonds is 4. The molecule has 0 spiro atoms. The first-order valence-electron chi connectivity index (χ1n) is 7.68. The molecule has 3 nitrogen and oxygen atoms in total. The summed E-state index contributed by atoms with van der Waals surface area (Å²) in [5, 5.41) is 10.4. The number of benzene rings is 1. The lowest BCUT2D eigenvalue weighted by Crippen LogP contribution is -2.45. The number of aliphatic hydroxyl groups excluding tert-OH is 1. The molecule has 4 heteroatoms. The first kappa shape index (κ1) is 16.3. The summed E-state index contributed by atoms with van der Waals surface area (Å²) in [6.07, 6.45) is 2.38. The quantitative estimate of drug-likeness (QED) is 0.928. The fraction of sp³-hybridized carbons (Fsp3) is 0.588. The molecule has 3 unspecified atom stereocenters. The molecule has 116 valence electrons. The molecule has 21 heavy (non-hydrogen) atoms. The number of aliphatic hydroxyl groups is 1. The maximum Gasteiger partial charge on any atom is 0.225 e. The van der Waals surface area contributed by atoms with Gasteiger partial charge in [-0.3, -0.25) is 4.79 Å². The minimum atomic E-state index is -0.341. The minimum Gasteiger partial charge on any atom is -0.393 e. The molecule has 1 aliphatic rings. The fourth-order valence-corrected chi connectivity index (χ4v) is 3.10. The number of likely N-dealkylation sites (tertiary alicyclic amines) is 1. The van der Waals surface area contributed by atoms with Crippen molar-refractivity contribution in [2.45, 2.75) is 39.2 Å². The van der Waals surface area contributed by atoms with E-state index >= 15 is 0 Å². The molecule has 0 aliphatic carbocycles. The average molecular weight is 310 g/mol. The van der Waals surface area contributed by atoms with E-state index in [1.807, 2.05) is 43.0 Å². The van der Waals surface area contributed by atoms with E-state index in [-0.39, 0.29) is 23.8 Å². The number of carbonyl (C=O) groups is 1. The molecule has 0 aromatic heterocycles. The van der Waals surface area contributed by atoms with E-state index in [9.17, 15) is 9.90 Å². The SMILES string of the molecule is CC(Cc1ccc(Cl)cc1)C(=O)N1CCCC(C(C)O)C1. The van der Waals surface area contributed by atoms with E-state index in [0.717, 1.165) is 31.4 Å².